The fourth-order valence-electron chi connectivity index (χ4n) is 2.77. The van der Waals surface area contributed by atoms with Gasteiger partial charge in [0.25, 0.3) is 11.6 Å². The quantitative estimate of drug-likeness (QED) is 0.450. The van der Waals surface area contributed by atoms with Gasteiger partial charge in [0, 0.05) is 17.7 Å². The average molecular weight is 416 g/mol. The van der Waals surface area contributed by atoms with Crippen LogP contribution in [0.2, 0.25) is 5.02 Å². The van der Waals surface area contributed by atoms with Crippen LogP contribution in [0, 0.1) is 10.1 Å². The number of rotatable bonds is 5. The number of nitro groups is 1. The predicted molar refractivity (Wildman–Crippen MR) is 107 cm³/mol. The number of benzene rings is 2. The molecular weight excluding hydrogens is 402 g/mol. The highest BCUT2D eigenvalue weighted by Gasteiger charge is 2.30. The summed E-state index contributed by atoms with van der Waals surface area (Å²) in [6, 6.07) is 8.11. The van der Waals surface area contributed by atoms with Gasteiger partial charge in [0.05, 0.1) is 39.6 Å². The number of carbonyl (C=O) groups excluding carboxylic acids is 1. The zero-order valence-corrected chi connectivity index (χ0v) is 16.0. The Hall–Kier alpha value is -3.72. The number of aromatic carboxylic acids is 1. The summed E-state index contributed by atoms with van der Waals surface area (Å²) in [7, 11) is 1.41. The van der Waals surface area contributed by atoms with Gasteiger partial charge in [0.15, 0.2) is 0 Å². The molecule has 1 aliphatic rings. The first-order chi connectivity index (χ1) is 13.7. The van der Waals surface area contributed by atoms with Crippen LogP contribution in [0.5, 0.6) is 5.75 Å². The SMILES string of the molecule is COc1ccc([N+](=O)[O-])cc1/C=C1\C(=O)N(c2ccc(Cl)c(C(=O)O)c2)N=C1C. The number of hydrogen-bond acceptors (Lipinski definition) is 6. The lowest BCUT2D eigenvalue weighted by atomic mass is 10.1. The third kappa shape index (κ3) is 3.81. The van der Waals surface area contributed by atoms with Crippen molar-refractivity contribution in [1.82, 2.24) is 0 Å². The Morgan fingerprint density at radius 3 is 2.66 bits per heavy atom. The molecule has 0 saturated carbocycles. The molecule has 0 atom stereocenters. The second-order valence-electron chi connectivity index (χ2n) is 6.01. The molecule has 0 bridgehead atoms. The van der Waals surface area contributed by atoms with Crippen molar-refractivity contribution in [2.75, 3.05) is 12.1 Å². The van der Waals surface area contributed by atoms with Gasteiger partial charge in [0.1, 0.15) is 5.75 Å². The van der Waals surface area contributed by atoms with E-state index in [0.717, 1.165) is 5.01 Å². The van der Waals surface area contributed by atoms with Crippen molar-refractivity contribution < 1.29 is 24.4 Å². The van der Waals surface area contributed by atoms with Crippen LogP contribution in [-0.2, 0) is 4.79 Å². The molecule has 0 saturated heterocycles. The normalized spacial score (nSPS) is 14.9. The molecule has 1 amide bonds. The molecule has 0 radical (unpaired) electrons. The van der Waals surface area contributed by atoms with E-state index in [9.17, 15) is 24.8 Å². The minimum absolute atomic E-state index is 0.0331. The van der Waals surface area contributed by atoms with Crippen LogP contribution < -0.4 is 9.75 Å². The summed E-state index contributed by atoms with van der Waals surface area (Å²) in [5, 5.41) is 25.5. The van der Waals surface area contributed by atoms with E-state index < -0.39 is 16.8 Å². The van der Waals surface area contributed by atoms with Gasteiger partial charge >= 0.3 is 5.97 Å². The van der Waals surface area contributed by atoms with Gasteiger partial charge in [-0.05, 0) is 37.3 Å². The molecule has 3 rings (SSSR count). The number of anilines is 1. The van der Waals surface area contributed by atoms with Gasteiger partial charge < -0.3 is 9.84 Å². The van der Waals surface area contributed by atoms with Crippen LogP contribution >= 0.6 is 11.6 Å². The maximum Gasteiger partial charge on any atom is 0.337 e. The number of halogens is 1. The number of ether oxygens (including phenoxy) is 1. The molecule has 29 heavy (non-hydrogen) atoms. The van der Waals surface area contributed by atoms with E-state index >= 15 is 0 Å². The summed E-state index contributed by atoms with van der Waals surface area (Å²) in [6.07, 6.45) is 1.45. The van der Waals surface area contributed by atoms with Crippen molar-refractivity contribution in [3.63, 3.8) is 0 Å². The minimum atomic E-state index is -1.23. The van der Waals surface area contributed by atoms with Gasteiger partial charge in [-0.3, -0.25) is 14.9 Å². The Kier molecular flexibility index (Phi) is 5.33. The van der Waals surface area contributed by atoms with Gasteiger partial charge in [-0.2, -0.15) is 10.1 Å². The van der Waals surface area contributed by atoms with Crippen molar-refractivity contribution in [2.45, 2.75) is 6.92 Å². The molecule has 2 aromatic carbocycles. The van der Waals surface area contributed by atoms with Gasteiger partial charge in [-0.25, -0.2) is 4.79 Å². The molecule has 2 aromatic rings. The highest BCUT2D eigenvalue weighted by Crippen LogP contribution is 2.31. The van der Waals surface area contributed by atoms with Crippen molar-refractivity contribution in [3.05, 3.63) is 68.2 Å². The molecule has 0 unspecified atom stereocenters. The maximum absolute atomic E-state index is 12.9. The number of carbonyl (C=O) groups is 2. The number of hydrazone groups is 1. The van der Waals surface area contributed by atoms with Crippen molar-refractivity contribution in [2.24, 2.45) is 5.10 Å². The van der Waals surface area contributed by atoms with E-state index in [1.54, 1.807) is 6.92 Å². The molecule has 0 spiro atoms. The summed E-state index contributed by atoms with van der Waals surface area (Å²) in [5.41, 5.74) is 0.793. The first-order valence-corrected chi connectivity index (χ1v) is 8.57. The summed E-state index contributed by atoms with van der Waals surface area (Å²) < 4.78 is 5.22. The largest absolute Gasteiger partial charge is 0.496 e. The molecular formula is C19H14ClN3O6. The van der Waals surface area contributed by atoms with Gasteiger partial charge in [0.2, 0.25) is 0 Å². The Bertz CT molecular complexity index is 1110. The van der Waals surface area contributed by atoms with Crippen molar-refractivity contribution in [3.8, 4) is 5.75 Å². The lowest BCUT2D eigenvalue weighted by molar-refractivity contribution is -0.384. The lowest BCUT2D eigenvalue weighted by Gasteiger charge is -2.13. The number of non-ortho nitro benzene ring substituents is 1. The lowest BCUT2D eigenvalue weighted by Crippen LogP contribution is -2.21. The maximum atomic E-state index is 12.9. The number of nitro benzene ring substituents is 1. The highest BCUT2D eigenvalue weighted by molar-refractivity contribution is 6.34. The highest BCUT2D eigenvalue weighted by atomic mass is 35.5. The van der Waals surface area contributed by atoms with Crippen molar-refractivity contribution >= 4 is 46.6 Å². The van der Waals surface area contributed by atoms with Crippen LogP contribution in [0.25, 0.3) is 6.08 Å². The molecule has 0 aromatic heterocycles. The second kappa shape index (κ2) is 7.72. The van der Waals surface area contributed by atoms with Crippen LogP contribution in [0.3, 0.4) is 0 Å². The topological polar surface area (TPSA) is 122 Å². The zero-order valence-electron chi connectivity index (χ0n) is 15.2. The minimum Gasteiger partial charge on any atom is -0.496 e. The van der Waals surface area contributed by atoms with E-state index in [1.807, 2.05) is 0 Å². The van der Waals surface area contributed by atoms with E-state index in [0.29, 0.717) is 17.0 Å². The van der Waals surface area contributed by atoms with Crippen LogP contribution in [0.1, 0.15) is 22.8 Å². The molecule has 9 nitrogen and oxygen atoms in total. The Morgan fingerprint density at radius 1 is 1.31 bits per heavy atom. The fraction of sp³-hybridized carbons (Fsp3) is 0.105. The predicted octanol–water partition coefficient (Wildman–Crippen LogP) is 3.76. The summed E-state index contributed by atoms with van der Waals surface area (Å²) in [6.45, 7) is 1.60. The third-order valence-corrected chi connectivity index (χ3v) is 4.54. The Morgan fingerprint density at radius 2 is 2.03 bits per heavy atom. The molecule has 0 fully saturated rings. The smallest absolute Gasteiger partial charge is 0.337 e. The standard InChI is InChI=1S/C19H14ClN3O6/c1-10-14(8-11-7-13(23(27)28)4-6-17(11)29-2)18(24)22(21-10)12-3-5-16(20)15(9-12)19(25)26/h3-9H,1-2H3,(H,25,26)/b14-8-. The van der Waals surface area contributed by atoms with Crippen molar-refractivity contribution in [1.29, 1.82) is 0 Å². The van der Waals surface area contributed by atoms with E-state index in [4.69, 9.17) is 16.3 Å². The number of hydrogen-bond donors (Lipinski definition) is 1. The Labute approximate surface area is 169 Å². The molecule has 1 aliphatic heterocycles. The van der Waals surface area contributed by atoms with Gasteiger partial charge in [-0.15, -0.1) is 0 Å². The van der Waals surface area contributed by atoms with Gasteiger partial charge in [-0.1, -0.05) is 11.6 Å². The average Bonchev–Trinajstić information content (AvgIpc) is 2.96. The monoisotopic (exact) mass is 415 g/mol. The summed E-state index contributed by atoms with van der Waals surface area (Å²) in [4.78, 5) is 34.7. The summed E-state index contributed by atoms with van der Waals surface area (Å²) >= 11 is 5.87. The molecule has 1 N–H and O–H groups in total. The molecule has 1 heterocycles. The van der Waals surface area contributed by atoms with Crippen LogP contribution in [0.4, 0.5) is 11.4 Å². The van der Waals surface area contributed by atoms with E-state index in [-0.39, 0.29) is 27.5 Å². The zero-order chi connectivity index (χ0) is 21.3. The molecule has 148 valence electrons. The summed E-state index contributed by atoms with van der Waals surface area (Å²) in [5.74, 6) is -1.40. The number of carboxylic acids is 1. The van der Waals surface area contributed by atoms with Crippen LogP contribution in [-0.4, -0.2) is 34.7 Å². The first-order valence-electron chi connectivity index (χ1n) is 8.20. The molecule has 0 aliphatic carbocycles. The number of amides is 1. The number of nitrogens with zero attached hydrogens (tertiary/aromatic N) is 3. The Balaban J connectivity index is 2.03. The van der Waals surface area contributed by atoms with E-state index in [2.05, 4.69) is 5.10 Å². The van der Waals surface area contributed by atoms with E-state index in [1.165, 1.54) is 49.6 Å². The fourth-order valence-corrected chi connectivity index (χ4v) is 2.97. The number of carboxylic acid groups (broad SMARTS) is 1. The third-order valence-electron chi connectivity index (χ3n) is 4.21. The second-order valence-corrected chi connectivity index (χ2v) is 6.42. The number of methoxy groups -OCH3 is 1. The van der Waals surface area contributed by atoms with Crippen LogP contribution in [0.15, 0.2) is 47.1 Å². The molecule has 10 heteroatoms. The first kappa shape index (κ1) is 20.0.